The zero-order valence-electron chi connectivity index (χ0n) is 21.4. The molecule has 6 rings (SSSR count). The molecule has 0 saturated heterocycles. The smallest absolute Gasteiger partial charge is 0.185 e. The first-order valence-electron chi connectivity index (χ1n) is 12.5. The Balaban J connectivity index is 1.45. The standard InChI is InChI=1S/C32H26N4O2/c1-37-21-19-35-17-15-33-29(35)13-9-23-3-5-25-7-8-26-6-4-24(28-12-11-27(23)31(25)32(26)28)10-14-30-34-16-18-36(30)20-22-38-2/h3-8,11-12,15-18H,19-22H2,1-2H3. The van der Waals surface area contributed by atoms with E-state index < -0.39 is 0 Å². The highest BCUT2D eigenvalue weighted by Crippen LogP contribution is 2.37. The van der Waals surface area contributed by atoms with Crippen molar-refractivity contribution >= 4 is 32.3 Å². The van der Waals surface area contributed by atoms with Gasteiger partial charge in [-0.2, -0.15) is 0 Å². The van der Waals surface area contributed by atoms with Crippen molar-refractivity contribution in [2.24, 2.45) is 0 Å². The molecule has 0 bridgehead atoms. The lowest BCUT2D eigenvalue weighted by Crippen LogP contribution is -2.05. The number of imidazole rings is 2. The predicted molar refractivity (Wildman–Crippen MR) is 150 cm³/mol. The van der Waals surface area contributed by atoms with Crippen LogP contribution in [0.2, 0.25) is 0 Å². The fraction of sp³-hybridized carbons (Fsp3) is 0.188. The number of ether oxygens (including phenoxy) is 2. The van der Waals surface area contributed by atoms with Crippen LogP contribution in [0.4, 0.5) is 0 Å². The van der Waals surface area contributed by atoms with Crippen LogP contribution < -0.4 is 0 Å². The molecule has 0 saturated carbocycles. The Labute approximate surface area is 221 Å². The lowest BCUT2D eigenvalue weighted by atomic mass is 9.90. The molecule has 0 unspecified atom stereocenters. The van der Waals surface area contributed by atoms with E-state index in [1.54, 1.807) is 26.6 Å². The minimum absolute atomic E-state index is 0.615. The zero-order valence-corrected chi connectivity index (χ0v) is 21.4. The summed E-state index contributed by atoms with van der Waals surface area (Å²) in [6, 6.07) is 17.2. The first-order chi connectivity index (χ1) is 18.8. The first kappa shape index (κ1) is 23.8. The van der Waals surface area contributed by atoms with E-state index in [4.69, 9.17) is 9.47 Å². The Bertz CT molecular complexity index is 1740. The van der Waals surface area contributed by atoms with Gasteiger partial charge in [-0.15, -0.1) is 0 Å². The summed E-state index contributed by atoms with van der Waals surface area (Å²) in [5, 5.41) is 7.04. The van der Waals surface area contributed by atoms with Gasteiger partial charge in [-0.05, 0) is 56.3 Å². The Kier molecular flexibility index (Phi) is 6.50. The van der Waals surface area contributed by atoms with Crippen LogP contribution in [0.5, 0.6) is 0 Å². The van der Waals surface area contributed by atoms with Crippen molar-refractivity contribution < 1.29 is 9.47 Å². The molecule has 4 aromatic carbocycles. The summed E-state index contributed by atoms with van der Waals surface area (Å²) in [4.78, 5) is 8.85. The van der Waals surface area contributed by atoms with Gasteiger partial charge in [-0.3, -0.25) is 0 Å². The maximum atomic E-state index is 5.21. The van der Waals surface area contributed by atoms with Gasteiger partial charge in [-0.1, -0.05) is 48.2 Å². The van der Waals surface area contributed by atoms with Crippen LogP contribution in [0.15, 0.2) is 73.3 Å². The molecule has 0 amide bonds. The van der Waals surface area contributed by atoms with Crippen LogP contribution in [0, 0.1) is 23.7 Å². The second kappa shape index (κ2) is 10.4. The molecule has 0 aliphatic carbocycles. The van der Waals surface area contributed by atoms with Crippen LogP contribution in [0.25, 0.3) is 32.3 Å². The third-order valence-corrected chi connectivity index (χ3v) is 6.79. The van der Waals surface area contributed by atoms with Crippen molar-refractivity contribution in [2.45, 2.75) is 13.1 Å². The summed E-state index contributed by atoms with van der Waals surface area (Å²) < 4.78 is 14.4. The SMILES string of the molecule is COCCn1ccnc1C#Cc1ccc2ccc3ccc(C#Cc4nccn4CCOC)c4ccc1c2c34. The van der Waals surface area contributed by atoms with E-state index in [0.717, 1.165) is 46.6 Å². The lowest BCUT2D eigenvalue weighted by Gasteiger charge is -2.13. The van der Waals surface area contributed by atoms with Crippen molar-refractivity contribution in [3.8, 4) is 23.7 Å². The van der Waals surface area contributed by atoms with Gasteiger partial charge < -0.3 is 18.6 Å². The molecule has 38 heavy (non-hydrogen) atoms. The number of methoxy groups -OCH3 is 2. The highest BCUT2D eigenvalue weighted by atomic mass is 16.5. The molecule has 6 aromatic rings. The molecule has 186 valence electrons. The van der Waals surface area contributed by atoms with Crippen molar-refractivity contribution in [1.82, 2.24) is 19.1 Å². The molecular formula is C32H26N4O2. The van der Waals surface area contributed by atoms with E-state index in [1.807, 2.05) is 21.5 Å². The second-order valence-corrected chi connectivity index (χ2v) is 9.02. The molecule has 2 aromatic heterocycles. The van der Waals surface area contributed by atoms with Crippen LogP contribution in [-0.2, 0) is 22.6 Å². The number of nitrogens with zero attached hydrogens (tertiary/aromatic N) is 4. The fourth-order valence-electron chi connectivity index (χ4n) is 4.87. The maximum absolute atomic E-state index is 5.21. The predicted octanol–water partition coefficient (Wildman–Crippen LogP) is 5.07. The summed E-state index contributed by atoms with van der Waals surface area (Å²) in [5.74, 6) is 14.7. The van der Waals surface area contributed by atoms with E-state index >= 15 is 0 Å². The summed E-state index contributed by atoms with van der Waals surface area (Å²) in [5.41, 5.74) is 1.95. The van der Waals surface area contributed by atoms with Gasteiger partial charge in [0.05, 0.1) is 13.2 Å². The number of hydrogen-bond acceptors (Lipinski definition) is 4. The minimum atomic E-state index is 0.615. The number of benzene rings is 4. The maximum Gasteiger partial charge on any atom is 0.185 e. The third-order valence-electron chi connectivity index (χ3n) is 6.79. The average Bonchev–Trinajstić information content (AvgIpc) is 3.60. The summed E-state index contributed by atoms with van der Waals surface area (Å²) >= 11 is 0. The Hall–Kier alpha value is -4.62. The van der Waals surface area contributed by atoms with Crippen LogP contribution in [-0.4, -0.2) is 46.5 Å². The van der Waals surface area contributed by atoms with E-state index in [9.17, 15) is 0 Å². The van der Waals surface area contributed by atoms with Crippen molar-refractivity contribution in [3.05, 3.63) is 96.1 Å². The average molecular weight is 499 g/mol. The quantitative estimate of drug-likeness (QED) is 0.238. The van der Waals surface area contributed by atoms with Crippen molar-refractivity contribution in [3.63, 3.8) is 0 Å². The number of hydrogen-bond donors (Lipinski definition) is 0. The van der Waals surface area contributed by atoms with Gasteiger partial charge >= 0.3 is 0 Å². The van der Waals surface area contributed by atoms with Crippen LogP contribution in [0.1, 0.15) is 22.8 Å². The Morgan fingerprint density at radius 1 is 0.605 bits per heavy atom. The molecule has 0 N–H and O–H groups in total. The molecule has 0 aliphatic rings. The summed E-state index contributed by atoms with van der Waals surface area (Å²) in [6.45, 7) is 2.67. The Morgan fingerprint density at radius 2 is 1.05 bits per heavy atom. The van der Waals surface area contributed by atoms with E-state index in [1.165, 1.54) is 21.5 Å². The molecule has 0 fully saturated rings. The van der Waals surface area contributed by atoms with Crippen molar-refractivity contribution in [1.29, 1.82) is 0 Å². The van der Waals surface area contributed by atoms with Gasteiger partial charge in [0.25, 0.3) is 0 Å². The summed E-state index contributed by atoms with van der Waals surface area (Å²) in [6.07, 6.45) is 7.41. The Morgan fingerprint density at radius 3 is 1.50 bits per heavy atom. The highest BCUT2D eigenvalue weighted by Gasteiger charge is 2.12. The van der Waals surface area contributed by atoms with Gasteiger partial charge in [0.15, 0.2) is 11.6 Å². The van der Waals surface area contributed by atoms with E-state index in [-0.39, 0.29) is 0 Å². The first-order valence-corrected chi connectivity index (χ1v) is 12.5. The second-order valence-electron chi connectivity index (χ2n) is 9.02. The minimum Gasteiger partial charge on any atom is -0.383 e. The lowest BCUT2D eigenvalue weighted by molar-refractivity contribution is 0.187. The van der Waals surface area contributed by atoms with E-state index in [0.29, 0.717) is 13.2 Å². The zero-order chi connectivity index (χ0) is 25.9. The van der Waals surface area contributed by atoms with E-state index in [2.05, 4.69) is 82.2 Å². The van der Waals surface area contributed by atoms with Crippen LogP contribution in [0.3, 0.4) is 0 Å². The number of rotatable bonds is 6. The third kappa shape index (κ3) is 4.37. The fourth-order valence-corrected chi connectivity index (χ4v) is 4.87. The van der Waals surface area contributed by atoms with Crippen LogP contribution >= 0.6 is 0 Å². The van der Waals surface area contributed by atoms with Gasteiger partial charge in [0.2, 0.25) is 0 Å². The molecule has 6 heteroatoms. The molecule has 6 nitrogen and oxygen atoms in total. The summed E-state index contributed by atoms with van der Waals surface area (Å²) in [7, 11) is 3.39. The normalized spacial score (nSPS) is 11.1. The molecule has 0 spiro atoms. The highest BCUT2D eigenvalue weighted by molar-refractivity contribution is 6.24. The van der Waals surface area contributed by atoms with Gasteiger partial charge in [-0.25, -0.2) is 9.97 Å². The molecule has 0 atom stereocenters. The largest absolute Gasteiger partial charge is 0.383 e. The van der Waals surface area contributed by atoms with Gasteiger partial charge in [0, 0.05) is 63.2 Å². The molecule has 2 heterocycles. The van der Waals surface area contributed by atoms with Gasteiger partial charge in [0.1, 0.15) is 0 Å². The van der Waals surface area contributed by atoms with Crippen molar-refractivity contribution in [2.75, 3.05) is 27.4 Å². The topological polar surface area (TPSA) is 54.1 Å². The molecule has 0 radical (unpaired) electrons. The molecule has 0 aliphatic heterocycles. The number of aromatic nitrogens is 4. The molecular weight excluding hydrogens is 472 g/mol. The monoisotopic (exact) mass is 498 g/mol.